The van der Waals surface area contributed by atoms with Gasteiger partial charge in [0.1, 0.15) is 5.60 Å². The molecule has 2 aromatic carbocycles. The number of nitrogens with zero attached hydrogens (tertiary/aromatic N) is 1. The lowest BCUT2D eigenvalue weighted by atomic mass is 9.74. The molecule has 1 aliphatic rings. The Morgan fingerprint density at radius 1 is 1.12 bits per heavy atom. The molecule has 24 heavy (non-hydrogen) atoms. The van der Waals surface area contributed by atoms with Gasteiger partial charge in [-0.3, -0.25) is 0 Å². The number of rotatable bonds is 4. The van der Waals surface area contributed by atoms with E-state index in [0.717, 1.165) is 31.5 Å². The highest BCUT2D eigenvalue weighted by atomic mass is 16.6. The molecule has 0 N–H and O–H groups in total. The molecule has 3 nitrogen and oxygen atoms in total. The van der Waals surface area contributed by atoms with Crippen molar-refractivity contribution in [1.82, 2.24) is 4.90 Å². The minimum atomic E-state index is -0.546. The Bertz CT molecular complexity index is 671. The molecule has 0 unspecified atom stereocenters. The molecule has 0 aliphatic carbocycles. The largest absolute Gasteiger partial charge is 0.450 e. The average molecular weight is 323 g/mol. The lowest BCUT2D eigenvalue weighted by molar-refractivity contribution is -0.0915. The molecule has 0 aromatic heterocycles. The van der Waals surface area contributed by atoms with Gasteiger partial charge in [-0.1, -0.05) is 55.5 Å². The molecular formula is C21H25NO2. The smallest absolute Gasteiger partial charge is 0.339 e. The molecule has 1 aliphatic heterocycles. The minimum absolute atomic E-state index is 0.234. The van der Waals surface area contributed by atoms with Crippen LogP contribution in [0.1, 0.15) is 35.7 Å². The second-order valence-electron chi connectivity index (χ2n) is 6.63. The van der Waals surface area contributed by atoms with Crippen molar-refractivity contribution < 1.29 is 9.53 Å². The average Bonchev–Trinajstić information content (AvgIpc) is 2.64. The van der Waals surface area contributed by atoms with Gasteiger partial charge in [0.2, 0.25) is 0 Å². The van der Waals surface area contributed by atoms with Crippen LogP contribution in [0.25, 0.3) is 0 Å². The molecule has 0 bridgehead atoms. The first kappa shape index (κ1) is 16.7. The van der Waals surface area contributed by atoms with Crippen LogP contribution in [0.4, 0.5) is 0 Å². The van der Waals surface area contributed by atoms with E-state index in [2.05, 4.69) is 31.0 Å². The van der Waals surface area contributed by atoms with Crippen LogP contribution in [0.5, 0.6) is 0 Å². The van der Waals surface area contributed by atoms with E-state index in [1.165, 1.54) is 0 Å². The Morgan fingerprint density at radius 2 is 1.75 bits per heavy atom. The summed E-state index contributed by atoms with van der Waals surface area (Å²) in [6.45, 7) is 4.04. The van der Waals surface area contributed by atoms with Gasteiger partial charge in [0, 0.05) is 25.4 Å². The monoisotopic (exact) mass is 323 g/mol. The zero-order chi connectivity index (χ0) is 17.0. The fourth-order valence-electron chi connectivity index (χ4n) is 3.73. The second-order valence-corrected chi connectivity index (χ2v) is 6.63. The SMILES string of the molecule is CC[C@@H]1CN(C)CC[C@@]1(OC(=O)c1ccccc1)c1ccccc1. The highest BCUT2D eigenvalue weighted by Crippen LogP contribution is 2.42. The summed E-state index contributed by atoms with van der Waals surface area (Å²) < 4.78 is 6.24. The van der Waals surface area contributed by atoms with E-state index < -0.39 is 5.60 Å². The third-order valence-electron chi connectivity index (χ3n) is 5.10. The number of carbonyl (C=O) groups is 1. The first-order valence-electron chi connectivity index (χ1n) is 8.68. The predicted octanol–water partition coefficient (Wildman–Crippen LogP) is 4.10. The molecule has 1 saturated heterocycles. The number of benzene rings is 2. The summed E-state index contributed by atoms with van der Waals surface area (Å²) in [6.07, 6.45) is 1.80. The van der Waals surface area contributed by atoms with Crippen molar-refractivity contribution in [2.75, 3.05) is 20.1 Å². The summed E-state index contributed by atoms with van der Waals surface area (Å²) in [7, 11) is 2.14. The normalized spacial score (nSPS) is 24.5. The van der Waals surface area contributed by atoms with Crippen molar-refractivity contribution in [2.24, 2.45) is 5.92 Å². The molecule has 3 heteroatoms. The van der Waals surface area contributed by atoms with Gasteiger partial charge in [0.25, 0.3) is 0 Å². The van der Waals surface area contributed by atoms with Crippen LogP contribution >= 0.6 is 0 Å². The summed E-state index contributed by atoms with van der Waals surface area (Å²) >= 11 is 0. The maximum absolute atomic E-state index is 12.8. The van der Waals surface area contributed by atoms with Crippen LogP contribution < -0.4 is 0 Å². The van der Waals surface area contributed by atoms with Crippen molar-refractivity contribution in [2.45, 2.75) is 25.4 Å². The van der Waals surface area contributed by atoms with Crippen molar-refractivity contribution in [3.05, 3.63) is 71.8 Å². The van der Waals surface area contributed by atoms with Crippen molar-refractivity contribution in [3.8, 4) is 0 Å². The molecule has 0 spiro atoms. The van der Waals surface area contributed by atoms with Gasteiger partial charge in [0.05, 0.1) is 5.56 Å². The van der Waals surface area contributed by atoms with Gasteiger partial charge in [-0.25, -0.2) is 4.79 Å². The summed E-state index contributed by atoms with van der Waals surface area (Å²) in [5.41, 5.74) is 1.17. The number of ether oxygens (including phenoxy) is 1. The number of carbonyl (C=O) groups excluding carboxylic acids is 1. The van der Waals surface area contributed by atoms with E-state index >= 15 is 0 Å². The van der Waals surface area contributed by atoms with Crippen LogP contribution in [-0.2, 0) is 10.3 Å². The Balaban J connectivity index is 1.98. The van der Waals surface area contributed by atoms with E-state index in [4.69, 9.17) is 4.74 Å². The number of hydrogen-bond donors (Lipinski definition) is 0. The zero-order valence-corrected chi connectivity index (χ0v) is 14.4. The molecule has 0 amide bonds. The van der Waals surface area contributed by atoms with Gasteiger partial charge in [-0.05, 0) is 31.2 Å². The number of likely N-dealkylation sites (tertiary alicyclic amines) is 1. The molecular weight excluding hydrogens is 298 g/mol. The van der Waals surface area contributed by atoms with Gasteiger partial charge < -0.3 is 9.64 Å². The molecule has 0 radical (unpaired) electrons. The standard InChI is InChI=1S/C21H25NO2/c1-3-18-16-22(2)15-14-21(18,19-12-8-5-9-13-19)24-20(23)17-10-6-4-7-11-17/h4-13,18H,3,14-16H2,1-2H3/t18-,21+/m1/s1. The van der Waals surface area contributed by atoms with Crippen LogP contribution in [0.2, 0.25) is 0 Å². The Hall–Kier alpha value is -2.13. The first-order chi connectivity index (χ1) is 11.7. The van der Waals surface area contributed by atoms with Crippen molar-refractivity contribution >= 4 is 5.97 Å². The van der Waals surface area contributed by atoms with E-state index in [1.807, 2.05) is 48.5 Å². The van der Waals surface area contributed by atoms with Crippen molar-refractivity contribution in [3.63, 3.8) is 0 Å². The molecule has 0 saturated carbocycles. The van der Waals surface area contributed by atoms with Crippen LogP contribution in [0.3, 0.4) is 0 Å². The lowest BCUT2D eigenvalue weighted by Crippen LogP contribution is -2.51. The minimum Gasteiger partial charge on any atom is -0.450 e. The van der Waals surface area contributed by atoms with Crippen LogP contribution in [-0.4, -0.2) is 31.0 Å². The fraction of sp³-hybridized carbons (Fsp3) is 0.381. The number of esters is 1. The van der Waals surface area contributed by atoms with Gasteiger partial charge >= 0.3 is 5.97 Å². The van der Waals surface area contributed by atoms with Crippen molar-refractivity contribution in [1.29, 1.82) is 0 Å². The fourth-order valence-corrected chi connectivity index (χ4v) is 3.73. The second kappa shape index (κ2) is 7.18. The highest BCUT2D eigenvalue weighted by molar-refractivity contribution is 5.89. The Labute approximate surface area is 144 Å². The Kier molecular flexibility index (Phi) is 5.00. The van der Waals surface area contributed by atoms with E-state index in [9.17, 15) is 4.79 Å². The summed E-state index contributed by atoms with van der Waals surface area (Å²) in [5.74, 6) is 0.0498. The molecule has 1 heterocycles. The topological polar surface area (TPSA) is 29.5 Å². The van der Waals surface area contributed by atoms with Gasteiger partial charge in [0.15, 0.2) is 0 Å². The number of hydrogen-bond acceptors (Lipinski definition) is 3. The van der Waals surface area contributed by atoms with Gasteiger partial charge in [-0.2, -0.15) is 0 Å². The maximum Gasteiger partial charge on any atom is 0.339 e. The number of piperidine rings is 1. The van der Waals surface area contributed by atoms with E-state index in [1.54, 1.807) is 0 Å². The molecule has 1 fully saturated rings. The summed E-state index contributed by atoms with van der Waals surface area (Å²) in [4.78, 5) is 15.1. The summed E-state index contributed by atoms with van der Waals surface area (Å²) in [6, 6.07) is 19.5. The molecule has 2 aromatic rings. The molecule has 2 atom stereocenters. The van der Waals surface area contributed by atoms with E-state index in [0.29, 0.717) is 5.56 Å². The van der Waals surface area contributed by atoms with Crippen LogP contribution in [0, 0.1) is 5.92 Å². The lowest BCUT2D eigenvalue weighted by Gasteiger charge is -2.46. The third kappa shape index (κ3) is 3.22. The zero-order valence-electron chi connectivity index (χ0n) is 14.4. The van der Waals surface area contributed by atoms with Crippen LogP contribution in [0.15, 0.2) is 60.7 Å². The van der Waals surface area contributed by atoms with Gasteiger partial charge in [-0.15, -0.1) is 0 Å². The predicted molar refractivity (Wildman–Crippen MR) is 95.9 cm³/mol. The molecule has 126 valence electrons. The Morgan fingerprint density at radius 3 is 2.38 bits per heavy atom. The first-order valence-corrected chi connectivity index (χ1v) is 8.68. The maximum atomic E-state index is 12.8. The highest BCUT2D eigenvalue weighted by Gasteiger charge is 2.46. The van der Waals surface area contributed by atoms with E-state index in [-0.39, 0.29) is 11.9 Å². The molecule has 3 rings (SSSR count). The third-order valence-corrected chi connectivity index (χ3v) is 5.10. The summed E-state index contributed by atoms with van der Waals surface area (Å²) in [5, 5.41) is 0. The quantitative estimate of drug-likeness (QED) is 0.793.